The highest BCUT2D eigenvalue weighted by atomic mass is 16.1. The van der Waals surface area contributed by atoms with Crippen molar-refractivity contribution in [3.63, 3.8) is 0 Å². The van der Waals surface area contributed by atoms with Crippen LogP contribution < -0.4 is 11.5 Å². The molecule has 4 nitrogen and oxygen atoms in total. The second-order valence-corrected chi connectivity index (χ2v) is 7.51. The molecule has 1 spiro atoms. The first-order valence-electron chi connectivity index (χ1n) is 8.36. The topological polar surface area (TPSA) is 72.3 Å². The molecule has 4 N–H and O–H groups in total. The average Bonchev–Trinajstić information content (AvgIpc) is 2.85. The Labute approximate surface area is 122 Å². The standard InChI is InChI=1S/C16H29N3O/c17-14(20)16(18)7-4-13(12-16)19-10-8-15(9-11-19)5-2-1-3-6-15/h13H,1-12,18H2,(H2,17,20). The first-order chi connectivity index (χ1) is 9.53. The fourth-order valence-corrected chi connectivity index (χ4v) is 4.75. The SMILES string of the molecule is NC(=O)C1(N)CCC(N2CCC3(CCCCC3)CC2)C1. The van der Waals surface area contributed by atoms with Gasteiger partial charge in [-0.05, 0) is 63.5 Å². The molecule has 0 aromatic rings. The molecular formula is C16H29N3O. The van der Waals surface area contributed by atoms with Crippen LogP contribution in [0.1, 0.15) is 64.2 Å². The van der Waals surface area contributed by atoms with Gasteiger partial charge in [-0.2, -0.15) is 0 Å². The van der Waals surface area contributed by atoms with Crippen molar-refractivity contribution < 1.29 is 4.79 Å². The van der Waals surface area contributed by atoms with E-state index in [2.05, 4.69) is 4.90 Å². The molecule has 0 aromatic carbocycles. The third kappa shape index (κ3) is 2.60. The second kappa shape index (κ2) is 5.30. The Kier molecular flexibility index (Phi) is 3.80. The Morgan fingerprint density at radius 1 is 1.00 bits per heavy atom. The minimum Gasteiger partial charge on any atom is -0.368 e. The number of amides is 1. The average molecular weight is 279 g/mol. The summed E-state index contributed by atoms with van der Waals surface area (Å²) in [6.07, 6.45) is 12.4. The molecule has 1 heterocycles. The highest BCUT2D eigenvalue weighted by Crippen LogP contribution is 2.45. The fraction of sp³-hybridized carbons (Fsp3) is 0.938. The molecule has 4 heteroatoms. The lowest BCUT2D eigenvalue weighted by Gasteiger charge is -2.46. The monoisotopic (exact) mass is 279 g/mol. The number of hydrogen-bond donors (Lipinski definition) is 2. The van der Waals surface area contributed by atoms with E-state index in [4.69, 9.17) is 11.5 Å². The fourth-order valence-electron chi connectivity index (χ4n) is 4.75. The van der Waals surface area contributed by atoms with E-state index < -0.39 is 5.54 Å². The zero-order chi connectivity index (χ0) is 14.2. The maximum Gasteiger partial charge on any atom is 0.237 e. The minimum atomic E-state index is -0.745. The van der Waals surface area contributed by atoms with E-state index in [-0.39, 0.29) is 5.91 Å². The smallest absolute Gasteiger partial charge is 0.237 e. The van der Waals surface area contributed by atoms with Crippen molar-refractivity contribution >= 4 is 5.91 Å². The molecule has 3 aliphatic rings. The van der Waals surface area contributed by atoms with Gasteiger partial charge >= 0.3 is 0 Å². The highest BCUT2D eigenvalue weighted by Gasteiger charge is 2.44. The molecule has 0 radical (unpaired) electrons. The molecule has 1 saturated heterocycles. The molecule has 2 atom stereocenters. The summed E-state index contributed by atoms with van der Waals surface area (Å²) in [4.78, 5) is 14.1. The van der Waals surface area contributed by atoms with Crippen LogP contribution in [0.5, 0.6) is 0 Å². The molecule has 2 unspecified atom stereocenters. The van der Waals surface area contributed by atoms with E-state index in [1.807, 2.05) is 0 Å². The number of piperidine rings is 1. The number of primary amides is 1. The molecule has 1 aliphatic heterocycles. The Bertz CT molecular complexity index is 368. The largest absolute Gasteiger partial charge is 0.368 e. The van der Waals surface area contributed by atoms with Crippen molar-refractivity contribution in [2.24, 2.45) is 16.9 Å². The molecule has 0 bridgehead atoms. The molecule has 3 rings (SSSR count). The molecule has 2 aliphatic carbocycles. The van der Waals surface area contributed by atoms with E-state index in [1.165, 1.54) is 58.0 Å². The Balaban J connectivity index is 1.55. The van der Waals surface area contributed by atoms with Crippen LogP contribution in [0.25, 0.3) is 0 Å². The van der Waals surface area contributed by atoms with Crippen molar-refractivity contribution in [1.29, 1.82) is 0 Å². The first kappa shape index (κ1) is 14.3. The van der Waals surface area contributed by atoms with Crippen molar-refractivity contribution in [2.75, 3.05) is 13.1 Å². The van der Waals surface area contributed by atoms with E-state index in [9.17, 15) is 4.79 Å². The van der Waals surface area contributed by atoms with Gasteiger partial charge in [0, 0.05) is 6.04 Å². The summed E-state index contributed by atoms with van der Waals surface area (Å²) in [7, 11) is 0. The van der Waals surface area contributed by atoms with Crippen LogP contribution in [-0.2, 0) is 4.79 Å². The quantitative estimate of drug-likeness (QED) is 0.809. The lowest BCUT2D eigenvalue weighted by atomic mass is 9.68. The first-order valence-corrected chi connectivity index (χ1v) is 8.36. The highest BCUT2D eigenvalue weighted by molar-refractivity contribution is 5.84. The van der Waals surface area contributed by atoms with E-state index in [0.29, 0.717) is 11.5 Å². The van der Waals surface area contributed by atoms with Gasteiger partial charge < -0.3 is 16.4 Å². The van der Waals surface area contributed by atoms with Gasteiger partial charge in [-0.3, -0.25) is 4.79 Å². The molecule has 114 valence electrons. The number of nitrogens with two attached hydrogens (primary N) is 2. The van der Waals surface area contributed by atoms with Gasteiger partial charge in [0.2, 0.25) is 5.91 Å². The summed E-state index contributed by atoms with van der Waals surface area (Å²) in [6, 6.07) is 0.480. The summed E-state index contributed by atoms with van der Waals surface area (Å²) >= 11 is 0. The molecule has 0 aromatic heterocycles. The molecule has 2 saturated carbocycles. The van der Waals surface area contributed by atoms with Gasteiger partial charge in [0.25, 0.3) is 0 Å². The van der Waals surface area contributed by atoms with Crippen LogP contribution in [0.3, 0.4) is 0 Å². The van der Waals surface area contributed by atoms with Crippen LogP contribution in [0.15, 0.2) is 0 Å². The van der Waals surface area contributed by atoms with E-state index in [1.54, 1.807) is 0 Å². The summed E-state index contributed by atoms with van der Waals surface area (Å²) in [5.74, 6) is -0.319. The number of nitrogens with zero attached hydrogens (tertiary/aromatic N) is 1. The van der Waals surface area contributed by atoms with E-state index in [0.717, 1.165) is 19.3 Å². The number of likely N-dealkylation sites (tertiary alicyclic amines) is 1. The number of rotatable bonds is 2. The van der Waals surface area contributed by atoms with Crippen LogP contribution >= 0.6 is 0 Å². The predicted molar refractivity (Wildman–Crippen MR) is 80.1 cm³/mol. The van der Waals surface area contributed by atoms with Gasteiger partial charge in [-0.15, -0.1) is 0 Å². The van der Waals surface area contributed by atoms with Crippen molar-refractivity contribution in [1.82, 2.24) is 4.90 Å². The Hall–Kier alpha value is -0.610. The zero-order valence-corrected chi connectivity index (χ0v) is 12.6. The Morgan fingerprint density at radius 3 is 2.20 bits per heavy atom. The van der Waals surface area contributed by atoms with Crippen molar-refractivity contribution in [3.05, 3.63) is 0 Å². The number of hydrogen-bond acceptors (Lipinski definition) is 3. The maximum atomic E-state index is 11.5. The molecule has 1 amide bonds. The summed E-state index contributed by atoms with van der Waals surface area (Å²) in [5.41, 5.74) is 11.5. The number of carbonyl (C=O) groups excluding carboxylic acids is 1. The predicted octanol–water partition coefficient (Wildman–Crippen LogP) is 1.77. The van der Waals surface area contributed by atoms with E-state index >= 15 is 0 Å². The molecule has 3 fully saturated rings. The number of carbonyl (C=O) groups is 1. The Morgan fingerprint density at radius 2 is 1.65 bits per heavy atom. The molecular weight excluding hydrogens is 250 g/mol. The van der Waals surface area contributed by atoms with Crippen LogP contribution in [0.4, 0.5) is 0 Å². The molecule has 20 heavy (non-hydrogen) atoms. The third-order valence-electron chi connectivity index (χ3n) is 6.30. The van der Waals surface area contributed by atoms with Crippen LogP contribution in [-0.4, -0.2) is 35.5 Å². The summed E-state index contributed by atoms with van der Waals surface area (Å²) < 4.78 is 0. The van der Waals surface area contributed by atoms with Gasteiger partial charge in [0.15, 0.2) is 0 Å². The van der Waals surface area contributed by atoms with Gasteiger partial charge in [0.05, 0.1) is 5.54 Å². The zero-order valence-electron chi connectivity index (χ0n) is 12.6. The van der Waals surface area contributed by atoms with Crippen LogP contribution in [0.2, 0.25) is 0 Å². The summed E-state index contributed by atoms with van der Waals surface area (Å²) in [5, 5.41) is 0. The summed E-state index contributed by atoms with van der Waals surface area (Å²) in [6.45, 7) is 2.39. The third-order valence-corrected chi connectivity index (χ3v) is 6.30. The second-order valence-electron chi connectivity index (χ2n) is 7.51. The minimum absolute atomic E-state index is 0.319. The lowest BCUT2D eigenvalue weighted by molar-refractivity contribution is -0.123. The van der Waals surface area contributed by atoms with Gasteiger partial charge in [-0.1, -0.05) is 19.3 Å². The maximum absolute atomic E-state index is 11.5. The van der Waals surface area contributed by atoms with Crippen LogP contribution in [0, 0.1) is 5.41 Å². The van der Waals surface area contributed by atoms with Crippen molar-refractivity contribution in [3.8, 4) is 0 Å². The lowest BCUT2D eigenvalue weighted by Crippen LogP contribution is -2.52. The van der Waals surface area contributed by atoms with Crippen molar-refractivity contribution in [2.45, 2.75) is 75.8 Å². The van der Waals surface area contributed by atoms with Gasteiger partial charge in [-0.25, -0.2) is 0 Å². The normalized spacial score (nSPS) is 38.1. The van der Waals surface area contributed by atoms with Gasteiger partial charge in [0.1, 0.15) is 0 Å².